The van der Waals surface area contributed by atoms with Crippen LogP contribution in [0.15, 0.2) is 84.0 Å². The highest BCUT2D eigenvalue weighted by atomic mass is 16.5. The molecule has 0 N–H and O–H groups in total. The Balaban J connectivity index is 0.00000100. The number of fused-ring (bicyclic) bond motifs is 1. The minimum Gasteiger partial charge on any atom is -0.493 e. The van der Waals surface area contributed by atoms with Gasteiger partial charge >= 0.3 is 0 Å². The quantitative estimate of drug-likeness (QED) is 0.361. The average molecular weight is 527 g/mol. The van der Waals surface area contributed by atoms with Gasteiger partial charge in [-0.3, -0.25) is 0 Å². The fourth-order valence-corrected chi connectivity index (χ4v) is 6.36. The van der Waals surface area contributed by atoms with Crippen LogP contribution in [-0.2, 0) is 0 Å². The third kappa shape index (κ3) is 6.96. The fraction of sp³-hybridized carbons (Fsp3) is 0.459. The molecule has 2 nitrogen and oxygen atoms in total. The monoisotopic (exact) mass is 526 g/mol. The summed E-state index contributed by atoms with van der Waals surface area (Å²) in [6.45, 7) is 12.7. The zero-order chi connectivity index (χ0) is 28.4. The van der Waals surface area contributed by atoms with Gasteiger partial charge in [0.15, 0.2) is 11.5 Å². The summed E-state index contributed by atoms with van der Waals surface area (Å²) in [5, 5.41) is 0. The molecule has 1 unspecified atom stereocenters. The number of benzene rings is 2. The molecule has 39 heavy (non-hydrogen) atoms. The zero-order valence-corrected chi connectivity index (χ0v) is 25.6. The van der Waals surface area contributed by atoms with Crippen LogP contribution in [0.25, 0.3) is 5.57 Å². The Labute approximate surface area is 238 Å². The first kappa shape index (κ1) is 30.5. The minimum atomic E-state index is 0.243. The molecular weight excluding hydrogens is 476 g/mol. The fourth-order valence-electron chi connectivity index (χ4n) is 6.36. The van der Waals surface area contributed by atoms with Gasteiger partial charge < -0.3 is 9.47 Å². The molecule has 5 rings (SSSR count). The van der Waals surface area contributed by atoms with Crippen LogP contribution in [0.1, 0.15) is 95.8 Å². The van der Waals surface area contributed by atoms with Crippen molar-refractivity contribution in [3.63, 3.8) is 0 Å². The number of hydrogen-bond donors (Lipinski definition) is 0. The van der Waals surface area contributed by atoms with Crippen molar-refractivity contribution in [3.8, 4) is 11.5 Å². The summed E-state index contributed by atoms with van der Waals surface area (Å²) >= 11 is 0. The van der Waals surface area contributed by atoms with E-state index in [1.807, 2.05) is 33.8 Å². The predicted octanol–water partition coefficient (Wildman–Crippen LogP) is 10.6. The van der Waals surface area contributed by atoms with Gasteiger partial charge in [0.25, 0.3) is 0 Å². The highest BCUT2D eigenvalue weighted by molar-refractivity contribution is 5.73. The van der Waals surface area contributed by atoms with Crippen molar-refractivity contribution in [2.24, 2.45) is 11.3 Å². The molecule has 2 aromatic carbocycles. The number of allylic oxidation sites excluding steroid dienone is 8. The van der Waals surface area contributed by atoms with Crippen LogP contribution in [0, 0.1) is 18.3 Å². The normalized spacial score (nSPS) is 23.7. The summed E-state index contributed by atoms with van der Waals surface area (Å²) in [5.41, 5.74) is 8.77. The molecule has 0 bridgehead atoms. The number of hydrogen-bond acceptors (Lipinski definition) is 2. The number of methoxy groups -OCH3 is 2. The lowest BCUT2D eigenvalue weighted by molar-refractivity contribution is 0.234. The van der Waals surface area contributed by atoms with Gasteiger partial charge in [0.05, 0.1) is 14.2 Å². The molecule has 0 amide bonds. The first-order chi connectivity index (χ1) is 19.0. The molecule has 0 spiro atoms. The van der Waals surface area contributed by atoms with E-state index in [1.54, 1.807) is 19.8 Å². The van der Waals surface area contributed by atoms with Crippen LogP contribution in [0.2, 0.25) is 0 Å². The van der Waals surface area contributed by atoms with Crippen LogP contribution in [0.5, 0.6) is 11.5 Å². The molecule has 1 atom stereocenters. The molecule has 0 saturated heterocycles. The second-order valence-corrected chi connectivity index (χ2v) is 10.7. The van der Waals surface area contributed by atoms with Crippen LogP contribution in [-0.4, -0.2) is 14.2 Å². The van der Waals surface area contributed by atoms with Gasteiger partial charge in [-0.25, -0.2) is 0 Å². The van der Waals surface area contributed by atoms with Crippen molar-refractivity contribution in [2.45, 2.75) is 86.0 Å². The van der Waals surface area contributed by atoms with Crippen molar-refractivity contribution in [2.75, 3.05) is 14.2 Å². The van der Waals surface area contributed by atoms with Crippen molar-refractivity contribution in [1.29, 1.82) is 0 Å². The molecule has 0 aromatic heterocycles. The molecule has 2 aromatic rings. The van der Waals surface area contributed by atoms with Crippen LogP contribution in [0.4, 0.5) is 0 Å². The molecule has 2 heteroatoms. The van der Waals surface area contributed by atoms with Gasteiger partial charge in [-0.1, -0.05) is 106 Å². The van der Waals surface area contributed by atoms with Crippen molar-refractivity contribution in [3.05, 3.63) is 101 Å². The largest absolute Gasteiger partial charge is 0.493 e. The topological polar surface area (TPSA) is 18.5 Å². The summed E-state index contributed by atoms with van der Waals surface area (Å²) < 4.78 is 11.1. The lowest BCUT2D eigenvalue weighted by atomic mass is 9.62. The third-order valence-corrected chi connectivity index (χ3v) is 8.45. The van der Waals surface area contributed by atoms with E-state index in [0.717, 1.165) is 24.3 Å². The van der Waals surface area contributed by atoms with E-state index < -0.39 is 0 Å². The Morgan fingerprint density at radius 1 is 0.846 bits per heavy atom. The van der Waals surface area contributed by atoms with E-state index >= 15 is 0 Å². The van der Waals surface area contributed by atoms with Crippen molar-refractivity contribution < 1.29 is 9.47 Å². The molecular formula is C37H50O2. The van der Waals surface area contributed by atoms with Gasteiger partial charge in [-0.05, 0) is 91.2 Å². The SMILES string of the molecule is CC.CC.COc1ccc(C2=CC3=CCC=CC3C(C3(C)CCC(c4cccc(C)c4)CC3)=CC2)cc1OC. The molecule has 1 fully saturated rings. The summed E-state index contributed by atoms with van der Waals surface area (Å²) in [6, 6.07) is 15.4. The Hall–Kier alpha value is -3.00. The van der Waals surface area contributed by atoms with E-state index in [9.17, 15) is 0 Å². The maximum absolute atomic E-state index is 5.60. The first-order valence-electron chi connectivity index (χ1n) is 15.1. The Morgan fingerprint density at radius 2 is 1.56 bits per heavy atom. The third-order valence-electron chi connectivity index (χ3n) is 8.45. The van der Waals surface area contributed by atoms with Crippen molar-refractivity contribution >= 4 is 5.57 Å². The Kier molecular flexibility index (Phi) is 11.3. The molecule has 210 valence electrons. The second-order valence-electron chi connectivity index (χ2n) is 10.7. The first-order valence-corrected chi connectivity index (χ1v) is 15.1. The maximum Gasteiger partial charge on any atom is 0.161 e. The van der Waals surface area contributed by atoms with Gasteiger partial charge in [-0.15, -0.1) is 0 Å². The molecule has 3 aliphatic rings. The van der Waals surface area contributed by atoms with E-state index in [0.29, 0.717) is 11.8 Å². The zero-order valence-electron chi connectivity index (χ0n) is 25.6. The highest BCUT2D eigenvalue weighted by Gasteiger charge is 2.38. The summed E-state index contributed by atoms with van der Waals surface area (Å²) in [7, 11) is 3.40. The molecule has 0 radical (unpaired) electrons. The number of ether oxygens (including phenoxy) is 2. The lowest BCUT2D eigenvalue weighted by Crippen LogP contribution is -2.29. The van der Waals surface area contributed by atoms with Gasteiger partial charge in [0.1, 0.15) is 0 Å². The Morgan fingerprint density at radius 3 is 2.23 bits per heavy atom. The molecule has 0 aliphatic heterocycles. The standard InChI is InChI=1S/C33H38O2.2C2H6/c1-23-8-7-10-25(20-23)24-16-18-33(2,19-17-24)30-14-12-26(21-28-9-5-6-11-29(28)30)27-13-15-31(34-3)32(22-27)35-4;2*1-2/h6-11,13-15,20-22,24,29H,5,12,16-19H2,1-4H3;2*1-2H3. The summed E-state index contributed by atoms with van der Waals surface area (Å²) in [4.78, 5) is 0. The Bertz CT molecular complexity index is 1200. The smallest absolute Gasteiger partial charge is 0.161 e. The highest BCUT2D eigenvalue weighted by Crippen LogP contribution is 2.52. The van der Waals surface area contributed by atoms with Gasteiger partial charge in [-0.2, -0.15) is 0 Å². The van der Waals surface area contributed by atoms with Crippen LogP contribution < -0.4 is 9.47 Å². The van der Waals surface area contributed by atoms with E-state index in [2.05, 4.69) is 80.6 Å². The molecule has 0 heterocycles. The average Bonchev–Trinajstić information content (AvgIpc) is 3.20. The van der Waals surface area contributed by atoms with E-state index in [-0.39, 0.29) is 5.41 Å². The predicted molar refractivity (Wildman–Crippen MR) is 169 cm³/mol. The number of rotatable bonds is 5. The minimum absolute atomic E-state index is 0.243. The van der Waals surface area contributed by atoms with Gasteiger partial charge in [0, 0.05) is 5.92 Å². The summed E-state index contributed by atoms with van der Waals surface area (Å²) in [5.74, 6) is 2.64. The summed E-state index contributed by atoms with van der Waals surface area (Å²) in [6.07, 6.45) is 19.2. The van der Waals surface area contributed by atoms with Crippen LogP contribution >= 0.6 is 0 Å². The van der Waals surface area contributed by atoms with Crippen LogP contribution in [0.3, 0.4) is 0 Å². The molecule has 3 aliphatic carbocycles. The van der Waals surface area contributed by atoms with E-state index in [1.165, 1.54) is 53.5 Å². The van der Waals surface area contributed by atoms with Crippen molar-refractivity contribution in [1.82, 2.24) is 0 Å². The van der Waals surface area contributed by atoms with E-state index in [4.69, 9.17) is 9.47 Å². The second kappa shape index (κ2) is 14.4. The maximum atomic E-state index is 5.60. The molecule has 1 saturated carbocycles. The number of aryl methyl sites for hydroxylation is 1. The van der Waals surface area contributed by atoms with Gasteiger partial charge in [0.2, 0.25) is 0 Å². The lowest BCUT2D eigenvalue weighted by Gasteiger charge is -2.42.